The van der Waals surface area contributed by atoms with Crippen molar-refractivity contribution in [1.29, 1.82) is 0 Å². The Balaban J connectivity index is 1.61. The summed E-state index contributed by atoms with van der Waals surface area (Å²) in [5.74, 6) is 0.848. The van der Waals surface area contributed by atoms with E-state index in [1.807, 2.05) is 6.92 Å². The molecule has 2 saturated carbocycles. The second-order valence-corrected chi connectivity index (χ2v) is 9.81. The lowest BCUT2D eigenvalue weighted by Crippen LogP contribution is -2.17. The summed E-state index contributed by atoms with van der Waals surface area (Å²) in [6, 6.07) is 3.02. The van der Waals surface area contributed by atoms with E-state index in [9.17, 15) is 13.2 Å². The maximum absolute atomic E-state index is 15.0. The van der Waals surface area contributed by atoms with E-state index in [0.717, 1.165) is 31.6 Å². The van der Waals surface area contributed by atoms with Crippen LogP contribution in [0.1, 0.15) is 107 Å². The number of allylic oxidation sites excluding steroid dienone is 3. The van der Waals surface area contributed by atoms with Crippen molar-refractivity contribution in [3.63, 3.8) is 0 Å². The average molecular weight is 451 g/mol. The maximum Gasteiger partial charge on any atom is 0.419 e. The fraction of sp³-hybridized carbons (Fsp3) is 0.643. The SMILES string of the molecule is CC/C=C/c1ccc(C2CCC(/C=C/C3CCC(CCC)CC3)CC2)c(F)c1C(F)(F)F. The van der Waals surface area contributed by atoms with Crippen molar-refractivity contribution in [2.75, 3.05) is 0 Å². The van der Waals surface area contributed by atoms with Gasteiger partial charge in [-0.15, -0.1) is 0 Å². The Kier molecular flexibility index (Phi) is 9.02. The summed E-state index contributed by atoms with van der Waals surface area (Å²) in [5.41, 5.74) is -0.950. The van der Waals surface area contributed by atoms with Crippen LogP contribution in [0.2, 0.25) is 0 Å². The molecule has 0 nitrogen and oxygen atoms in total. The Labute approximate surface area is 191 Å². The molecule has 178 valence electrons. The van der Waals surface area contributed by atoms with Gasteiger partial charge in [-0.2, -0.15) is 13.2 Å². The van der Waals surface area contributed by atoms with Gasteiger partial charge in [-0.25, -0.2) is 4.39 Å². The van der Waals surface area contributed by atoms with Gasteiger partial charge in [-0.3, -0.25) is 0 Å². The van der Waals surface area contributed by atoms with Crippen molar-refractivity contribution in [3.8, 4) is 0 Å². The highest BCUT2D eigenvalue weighted by atomic mass is 19.4. The smallest absolute Gasteiger partial charge is 0.206 e. The third kappa shape index (κ3) is 6.48. The first-order valence-corrected chi connectivity index (χ1v) is 12.6. The monoisotopic (exact) mass is 450 g/mol. The lowest BCUT2D eigenvalue weighted by atomic mass is 9.76. The fourth-order valence-corrected chi connectivity index (χ4v) is 5.61. The van der Waals surface area contributed by atoms with Gasteiger partial charge in [0.05, 0.1) is 5.56 Å². The van der Waals surface area contributed by atoms with Crippen LogP contribution < -0.4 is 0 Å². The normalized spacial score (nSPS) is 27.4. The van der Waals surface area contributed by atoms with Crippen LogP contribution in [0, 0.1) is 23.6 Å². The first kappa shape index (κ1) is 25.1. The highest BCUT2D eigenvalue weighted by Crippen LogP contribution is 2.42. The first-order valence-electron chi connectivity index (χ1n) is 12.6. The molecule has 2 aliphatic carbocycles. The molecular formula is C28H38F4. The highest BCUT2D eigenvalue weighted by Gasteiger charge is 2.38. The average Bonchev–Trinajstić information content (AvgIpc) is 2.77. The number of hydrogen-bond donors (Lipinski definition) is 0. The second-order valence-electron chi connectivity index (χ2n) is 9.81. The van der Waals surface area contributed by atoms with Gasteiger partial charge in [0.25, 0.3) is 0 Å². The van der Waals surface area contributed by atoms with Crippen LogP contribution in [0.4, 0.5) is 17.6 Å². The van der Waals surface area contributed by atoms with Crippen LogP contribution in [0.15, 0.2) is 30.4 Å². The molecule has 0 radical (unpaired) electrons. The summed E-state index contributed by atoms with van der Waals surface area (Å²) in [6.45, 7) is 4.11. The lowest BCUT2D eigenvalue weighted by molar-refractivity contribution is -0.140. The number of halogens is 4. The molecule has 0 N–H and O–H groups in total. The minimum absolute atomic E-state index is 0.0779. The Morgan fingerprint density at radius 2 is 1.47 bits per heavy atom. The molecule has 3 rings (SSSR count). The number of benzene rings is 1. The van der Waals surface area contributed by atoms with E-state index in [1.165, 1.54) is 50.7 Å². The standard InChI is InChI=1S/C28H38F4/c1-3-5-7-24-18-19-25(27(29)26(24)28(30,31)32)23-16-14-22(15-17-23)13-12-21-10-8-20(6-4-2)9-11-21/h5,7,12-13,18-23H,3-4,6,8-11,14-17H2,1-2H3/b7-5+,13-12+. The summed E-state index contributed by atoms with van der Waals surface area (Å²) in [7, 11) is 0. The van der Waals surface area contributed by atoms with Gasteiger partial charge in [-0.05, 0) is 92.6 Å². The summed E-state index contributed by atoms with van der Waals surface area (Å²) in [5, 5.41) is 0. The van der Waals surface area contributed by atoms with Gasteiger partial charge in [0, 0.05) is 0 Å². The zero-order chi connectivity index (χ0) is 23.1. The molecule has 1 aromatic carbocycles. The third-order valence-corrected chi connectivity index (χ3v) is 7.48. The number of hydrogen-bond acceptors (Lipinski definition) is 0. The third-order valence-electron chi connectivity index (χ3n) is 7.48. The van der Waals surface area contributed by atoms with Gasteiger partial charge in [0.15, 0.2) is 0 Å². The molecule has 2 fully saturated rings. The van der Waals surface area contributed by atoms with Gasteiger partial charge in [0.2, 0.25) is 0 Å². The van der Waals surface area contributed by atoms with Crippen molar-refractivity contribution in [1.82, 2.24) is 0 Å². The van der Waals surface area contributed by atoms with E-state index in [1.54, 1.807) is 12.1 Å². The van der Waals surface area contributed by atoms with E-state index in [4.69, 9.17) is 0 Å². The van der Waals surface area contributed by atoms with Gasteiger partial charge in [0.1, 0.15) is 5.82 Å². The largest absolute Gasteiger partial charge is 0.419 e. The van der Waals surface area contributed by atoms with Crippen LogP contribution in [-0.2, 0) is 6.18 Å². The van der Waals surface area contributed by atoms with Crippen LogP contribution >= 0.6 is 0 Å². The highest BCUT2D eigenvalue weighted by molar-refractivity contribution is 5.56. The van der Waals surface area contributed by atoms with Crippen molar-refractivity contribution < 1.29 is 17.6 Å². The Morgan fingerprint density at radius 3 is 2.00 bits per heavy atom. The Morgan fingerprint density at radius 1 is 0.875 bits per heavy atom. The van der Waals surface area contributed by atoms with Crippen LogP contribution in [0.25, 0.3) is 6.08 Å². The fourth-order valence-electron chi connectivity index (χ4n) is 5.61. The molecule has 32 heavy (non-hydrogen) atoms. The minimum Gasteiger partial charge on any atom is -0.206 e. The van der Waals surface area contributed by atoms with Crippen molar-refractivity contribution in [3.05, 3.63) is 52.9 Å². The van der Waals surface area contributed by atoms with E-state index in [2.05, 4.69) is 19.1 Å². The number of rotatable bonds is 7. The minimum atomic E-state index is -4.69. The summed E-state index contributed by atoms with van der Waals surface area (Å²) in [4.78, 5) is 0. The molecule has 0 heterocycles. The maximum atomic E-state index is 15.0. The predicted molar refractivity (Wildman–Crippen MR) is 125 cm³/mol. The van der Waals surface area contributed by atoms with E-state index < -0.39 is 17.6 Å². The molecule has 0 aromatic heterocycles. The van der Waals surface area contributed by atoms with Gasteiger partial charge < -0.3 is 0 Å². The molecule has 0 saturated heterocycles. The molecule has 2 aliphatic rings. The summed E-state index contributed by atoms with van der Waals surface area (Å²) < 4.78 is 55.9. The molecule has 0 unspecified atom stereocenters. The van der Waals surface area contributed by atoms with Crippen LogP contribution in [0.3, 0.4) is 0 Å². The number of alkyl halides is 3. The molecule has 0 spiro atoms. The van der Waals surface area contributed by atoms with E-state index in [-0.39, 0.29) is 17.0 Å². The zero-order valence-electron chi connectivity index (χ0n) is 19.6. The second kappa shape index (κ2) is 11.5. The molecule has 0 bridgehead atoms. The topological polar surface area (TPSA) is 0 Å². The molecular weight excluding hydrogens is 412 g/mol. The van der Waals surface area contributed by atoms with E-state index >= 15 is 4.39 Å². The lowest BCUT2D eigenvalue weighted by Gasteiger charge is -2.29. The van der Waals surface area contributed by atoms with Crippen LogP contribution in [-0.4, -0.2) is 0 Å². The summed E-state index contributed by atoms with van der Waals surface area (Å²) >= 11 is 0. The zero-order valence-corrected chi connectivity index (χ0v) is 19.6. The van der Waals surface area contributed by atoms with E-state index in [0.29, 0.717) is 18.3 Å². The van der Waals surface area contributed by atoms with Crippen molar-refractivity contribution in [2.45, 2.75) is 96.6 Å². The molecule has 0 aliphatic heterocycles. The molecule has 0 amide bonds. The molecule has 4 heteroatoms. The van der Waals surface area contributed by atoms with Crippen molar-refractivity contribution >= 4 is 6.08 Å². The van der Waals surface area contributed by atoms with Crippen molar-refractivity contribution in [2.24, 2.45) is 17.8 Å². The van der Waals surface area contributed by atoms with Crippen LogP contribution in [0.5, 0.6) is 0 Å². The Bertz CT molecular complexity index is 773. The van der Waals surface area contributed by atoms with Gasteiger partial charge in [-0.1, -0.05) is 63.1 Å². The first-order chi connectivity index (χ1) is 15.3. The molecule has 0 atom stereocenters. The summed E-state index contributed by atoms with van der Waals surface area (Å²) in [6.07, 6.45) is 14.9. The Hall–Kier alpha value is -1.58. The van der Waals surface area contributed by atoms with Gasteiger partial charge >= 0.3 is 6.18 Å². The molecule has 1 aromatic rings. The predicted octanol–water partition coefficient (Wildman–Crippen LogP) is 9.70. The quantitative estimate of drug-likeness (QED) is 0.286.